The molecule has 0 amide bonds. The predicted molar refractivity (Wildman–Crippen MR) is 63.7 cm³/mol. The smallest absolute Gasteiger partial charge is 0.0468 e. The fraction of sp³-hybridized carbons (Fsp3) is 0.0769. The van der Waals surface area contributed by atoms with Gasteiger partial charge in [-0.15, -0.1) is 0 Å². The number of aromatic nitrogens is 1. The lowest BCUT2D eigenvalue weighted by atomic mass is 10.1. The van der Waals surface area contributed by atoms with Crippen molar-refractivity contribution >= 4 is 21.8 Å². The van der Waals surface area contributed by atoms with Crippen molar-refractivity contribution in [3.05, 3.63) is 48.0 Å². The van der Waals surface area contributed by atoms with Crippen LogP contribution in [0.3, 0.4) is 0 Å². The van der Waals surface area contributed by atoms with E-state index in [9.17, 15) is 0 Å². The van der Waals surface area contributed by atoms with Crippen LogP contribution in [0.2, 0.25) is 0 Å². The van der Waals surface area contributed by atoms with Crippen LogP contribution in [0.15, 0.2) is 42.5 Å². The zero-order chi connectivity index (χ0) is 10.3. The number of H-pyrrole nitrogens is 1. The van der Waals surface area contributed by atoms with Gasteiger partial charge in [0.25, 0.3) is 0 Å². The second-order valence-corrected chi connectivity index (χ2v) is 3.71. The average molecular weight is 196 g/mol. The number of nitrogens with one attached hydrogen (secondary N) is 1. The van der Waals surface area contributed by atoms with Gasteiger partial charge in [-0.25, -0.2) is 0 Å². The maximum absolute atomic E-state index is 5.75. The molecule has 1 heterocycles. The Morgan fingerprint density at radius 3 is 2.60 bits per heavy atom. The van der Waals surface area contributed by atoms with Gasteiger partial charge in [-0.2, -0.15) is 0 Å². The summed E-state index contributed by atoms with van der Waals surface area (Å²) in [6, 6.07) is 14.5. The SMILES string of the molecule is NCc1cccc2[nH]c3ccccc3c12. The quantitative estimate of drug-likeness (QED) is 0.617. The molecule has 0 bridgehead atoms. The van der Waals surface area contributed by atoms with Crippen molar-refractivity contribution in [2.24, 2.45) is 5.73 Å². The standard InChI is InChI=1S/C13H12N2/c14-8-9-4-3-7-12-13(9)10-5-1-2-6-11(10)15-12/h1-7,15H,8,14H2. The number of hydrogen-bond acceptors (Lipinski definition) is 1. The highest BCUT2D eigenvalue weighted by Crippen LogP contribution is 2.27. The summed E-state index contributed by atoms with van der Waals surface area (Å²) in [6.07, 6.45) is 0. The minimum atomic E-state index is 0.583. The van der Waals surface area contributed by atoms with Crippen LogP contribution in [-0.4, -0.2) is 4.98 Å². The van der Waals surface area contributed by atoms with E-state index in [1.165, 1.54) is 27.4 Å². The van der Waals surface area contributed by atoms with Crippen LogP contribution in [0.5, 0.6) is 0 Å². The third-order valence-electron chi connectivity index (χ3n) is 2.84. The number of fused-ring (bicyclic) bond motifs is 3. The normalized spacial score (nSPS) is 11.3. The molecule has 2 aromatic carbocycles. The zero-order valence-electron chi connectivity index (χ0n) is 8.33. The highest BCUT2D eigenvalue weighted by Gasteiger charge is 2.06. The molecule has 0 radical (unpaired) electrons. The summed E-state index contributed by atoms with van der Waals surface area (Å²) < 4.78 is 0. The van der Waals surface area contributed by atoms with E-state index < -0.39 is 0 Å². The third kappa shape index (κ3) is 1.15. The Hall–Kier alpha value is -1.80. The van der Waals surface area contributed by atoms with Crippen molar-refractivity contribution < 1.29 is 0 Å². The van der Waals surface area contributed by atoms with E-state index in [2.05, 4.69) is 35.3 Å². The Labute approximate surface area is 87.7 Å². The molecule has 2 nitrogen and oxygen atoms in total. The summed E-state index contributed by atoms with van der Waals surface area (Å²) in [5.41, 5.74) is 9.29. The second kappa shape index (κ2) is 3.11. The molecule has 3 N–H and O–H groups in total. The summed E-state index contributed by atoms with van der Waals surface area (Å²) in [7, 11) is 0. The number of benzene rings is 2. The Bertz CT molecular complexity index is 623. The van der Waals surface area contributed by atoms with Crippen LogP contribution in [0.25, 0.3) is 21.8 Å². The first kappa shape index (κ1) is 8.50. The first-order valence-corrected chi connectivity index (χ1v) is 5.08. The van der Waals surface area contributed by atoms with Crippen LogP contribution in [-0.2, 0) is 6.54 Å². The molecule has 3 rings (SSSR count). The molecule has 1 aromatic heterocycles. The number of nitrogens with two attached hydrogens (primary N) is 1. The topological polar surface area (TPSA) is 41.8 Å². The van der Waals surface area contributed by atoms with Crippen molar-refractivity contribution in [2.75, 3.05) is 0 Å². The van der Waals surface area contributed by atoms with Gasteiger partial charge in [-0.1, -0.05) is 30.3 Å². The summed E-state index contributed by atoms with van der Waals surface area (Å²) in [6.45, 7) is 0.583. The minimum Gasteiger partial charge on any atom is -0.355 e. The highest BCUT2D eigenvalue weighted by atomic mass is 14.7. The van der Waals surface area contributed by atoms with Crippen LogP contribution < -0.4 is 5.73 Å². The fourth-order valence-corrected chi connectivity index (χ4v) is 2.15. The van der Waals surface area contributed by atoms with E-state index in [1.54, 1.807) is 0 Å². The van der Waals surface area contributed by atoms with Crippen molar-refractivity contribution in [1.29, 1.82) is 0 Å². The van der Waals surface area contributed by atoms with Crippen molar-refractivity contribution in [1.82, 2.24) is 4.98 Å². The monoisotopic (exact) mass is 196 g/mol. The molecule has 0 saturated carbocycles. The van der Waals surface area contributed by atoms with Crippen LogP contribution in [0, 0.1) is 0 Å². The Balaban J connectivity index is 2.56. The van der Waals surface area contributed by atoms with E-state index >= 15 is 0 Å². The first-order chi connectivity index (χ1) is 7.40. The van der Waals surface area contributed by atoms with Gasteiger partial charge < -0.3 is 10.7 Å². The lowest BCUT2D eigenvalue weighted by Gasteiger charge is -1.99. The highest BCUT2D eigenvalue weighted by molar-refractivity contribution is 6.08. The molecule has 0 atom stereocenters. The molecular weight excluding hydrogens is 184 g/mol. The molecule has 74 valence electrons. The molecule has 0 aliphatic rings. The van der Waals surface area contributed by atoms with Gasteiger partial charge in [0.1, 0.15) is 0 Å². The van der Waals surface area contributed by atoms with Crippen LogP contribution in [0.4, 0.5) is 0 Å². The largest absolute Gasteiger partial charge is 0.355 e. The maximum atomic E-state index is 5.75. The molecule has 0 fully saturated rings. The molecule has 0 aliphatic heterocycles. The predicted octanol–water partition coefficient (Wildman–Crippen LogP) is 2.78. The molecule has 15 heavy (non-hydrogen) atoms. The number of para-hydroxylation sites is 1. The minimum absolute atomic E-state index is 0.583. The van der Waals surface area contributed by atoms with Crippen molar-refractivity contribution in [3.63, 3.8) is 0 Å². The molecule has 0 aliphatic carbocycles. The van der Waals surface area contributed by atoms with Gasteiger partial charge in [0, 0.05) is 28.4 Å². The van der Waals surface area contributed by atoms with E-state index in [0.29, 0.717) is 6.54 Å². The zero-order valence-corrected chi connectivity index (χ0v) is 8.33. The molecule has 0 spiro atoms. The Morgan fingerprint density at radius 1 is 0.933 bits per heavy atom. The van der Waals surface area contributed by atoms with Crippen molar-refractivity contribution in [3.8, 4) is 0 Å². The lowest BCUT2D eigenvalue weighted by Crippen LogP contribution is -1.96. The van der Waals surface area contributed by atoms with E-state index in [0.717, 1.165) is 0 Å². The Morgan fingerprint density at radius 2 is 1.73 bits per heavy atom. The van der Waals surface area contributed by atoms with E-state index in [1.807, 2.05) is 12.1 Å². The number of aromatic amines is 1. The summed E-state index contributed by atoms with van der Waals surface area (Å²) in [5.74, 6) is 0. The molecule has 0 unspecified atom stereocenters. The number of hydrogen-bond donors (Lipinski definition) is 2. The molecule has 0 saturated heterocycles. The van der Waals surface area contributed by atoms with Gasteiger partial charge in [-0.05, 0) is 17.7 Å². The first-order valence-electron chi connectivity index (χ1n) is 5.08. The van der Waals surface area contributed by atoms with Gasteiger partial charge >= 0.3 is 0 Å². The summed E-state index contributed by atoms with van der Waals surface area (Å²) in [5, 5.41) is 2.52. The van der Waals surface area contributed by atoms with Crippen molar-refractivity contribution in [2.45, 2.75) is 6.54 Å². The van der Waals surface area contributed by atoms with Gasteiger partial charge in [-0.3, -0.25) is 0 Å². The lowest BCUT2D eigenvalue weighted by molar-refractivity contribution is 1.09. The Kier molecular flexibility index (Phi) is 1.76. The van der Waals surface area contributed by atoms with Gasteiger partial charge in [0.15, 0.2) is 0 Å². The molecule has 3 aromatic rings. The molecular formula is C13H12N2. The van der Waals surface area contributed by atoms with Crippen LogP contribution in [0.1, 0.15) is 5.56 Å². The summed E-state index contributed by atoms with van der Waals surface area (Å²) in [4.78, 5) is 3.40. The summed E-state index contributed by atoms with van der Waals surface area (Å²) >= 11 is 0. The van der Waals surface area contributed by atoms with Gasteiger partial charge in [0.05, 0.1) is 0 Å². The number of rotatable bonds is 1. The van der Waals surface area contributed by atoms with Crippen LogP contribution >= 0.6 is 0 Å². The average Bonchev–Trinajstić information content (AvgIpc) is 2.67. The third-order valence-corrected chi connectivity index (χ3v) is 2.84. The van der Waals surface area contributed by atoms with E-state index in [4.69, 9.17) is 5.73 Å². The molecule has 2 heteroatoms. The van der Waals surface area contributed by atoms with Gasteiger partial charge in [0.2, 0.25) is 0 Å². The fourth-order valence-electron chi connectivity index (χ4n) is 2.15. The second-order valence-electron chi connectivity index (χ2n) is 3.71. The maximum Gasteiger partial charge on any atom is 0.0468 e. The van der Waals surface area contributed by atoms with E-state index in [-0.39, 0.29) is 0 Å².